The molecule has 0 saturated carbocycles. The quantitative estimate of drug-likeness (QED) is 0.219. The molecule has 4 nitrogen and oxygen atoms in total. The van der Waals surface area contributed by atoms with Gasteiger partial charge in [-0.1, -0.05) is 36.4 Å². The van der Waals surface area contributed by atoms with E-state index >= 15 is 0 Å². The van der Waals surface area contributed by atoms with E-state index < -0.39 is 11.9 Å². The minimum atomic E-state index is -1.22. The van der Waals surface area contributed by atoms with E-state index in [0.717, 1.165) is 0 Å². The molecular weight excluding hydrogens is 557 g/mol. The molecule has 0 radical (unpaired) electrons. The van der Waals surface area contributed by atoms with Crippen molar-refractivity contribution >= 4 is 45.2 Å². The zero-order chi connectivity index (χ0) is 26.6. The molecule has 0 atom stereocenters. The minimum absolute atomic E-state index is 0.117. The van der Waals surface area contributed by atoms with E-state index in [4.69, 9.17) is 0 Å². The fourth-order valence-electron chi connectivity index (χ4n) is 2.46. The van der Waals surface area contributed by atoms with Gasteiger partial charge in [0.2, 0.25) is 0 Å². The van der Waals surface area contributed by atoms with Gasteiger partial charge >= 0.3 is 69.5 Å². The summed E-state index contributed by atoms with van der Waals surface area (Å²) in [4.78, 5) is 20.6. The molecule has 2 aromatic rings. The second-order valence-electron chi connectivity index (χ2n) is 7.79. The second-order valence-corrected chi connectivity index (χ2v) is 12.1. The summed E-state index contributed by atoms with van der Waals surface area (Å²) in [5, 5.41) is 20.6. The van der Waals surface area contributed by atoms with Crippen molar-refractivity contribution in [1.82, 2.24) is 0 Å². The van der Waals surface area contributed by atoms with Gasteiger partial charge in [0.05, 0.1) is 11.9 Å². The molecule has 188 valence electrons. The van der Waals surface area contributed by atoms with Crippen molar-refractivity contribution in [2.24, 2.45) is 0 Å². The fourth-order valence-corrected chi connectivity index (χ4v) is 6.62. The zero-order valence-corrected chi connectivity index (χ0v) is 23.8. The van der Waals surface area contributed by atoms with Gasteiger partial charge in [-0.15, -0.1) is 0 Å². The summed E-state index contributed by atoms with van der Waals surface area (Å²) in [5.74, 6) is -3.12. The van der Waals surface area contributed by atoms with Crippen LogP contribution in [-0.2, 0) is 9.59 Å². The number of carbonyl (C=O) groups is 2. The van der Waals surface area contributed by atoms with Gasteiger partial charge in [0.15, 0.2) is 0 Å². The molecule has 0 amide bonds. The Kier molecular flexibility index (Phi) is 18.4. The number of carboxylic acid groups (broad SMARTS) is 2. The molecule has 7 heteroatoms. The molecule has 0 aliphatic rings. The van der Waals surface area contributed by atoms with Crippen LogP contribution in [0.25, 0.3) is 12.2 Å². The normalized spacial score (nSPS) is 10.8. The number of aliphatic carboxylic acids is 2. The third-order valence-electron chi connectivity index (χ3n) is 4.56. The number of carbonyl (C=O) groups excluding carboxylic acids is 2. The fraction of sp³-hybridized carbons (Fsp3) is 0.357. The predicted octanol–water partition coefficient (Wildman–Crippen LogP) is 5.09. The van der Waals surface area contributed by atoms with E-state index in [1.54, 1.807) is 8.87 Å². The molecule has 2 rings (SSSR count). The van der Waals surface area contributed by atoms with Crippen molar-refractivity contribution in [3.8, 4) is 0 Å². The van der Waals surface area contributed by atoms with Crippen LogP contribution < -0.4 is 10.2 Å². The number of hydrogen-bond acceptors (Lipinski definition) is 4. The molecule has 0 unspecified atom stereocenters. The molecule has 0 aliphatic carbocycles. The van der Waals surface area contributed by atoms with Crippen molar-refractivity contribution in [2.45, 2.75) is 62.3 Å². The number of unbranched alkanes of at least 4 members (excludes halogenated alkanes) is 2. The van der Waals surface area contributed by atoms with Crippen molar-refractivity contribution in [1.29, 1.82) is 0 Å². The maximum atomic E-state index is 12.4. The van der Waals surface area contributed by atoms with Crippen LogP contribution in [0.2, 0.25) is 8.87 Å². The first-order valence-electron chi connectivity index (χ1n) is 11.6. The van der Waals surface area contributed by atoms with E-state index in [0.29, 0.717) is 11.1 Å². The average Bonchev–Trinajstić information content (AvgIpc) is 2.82. The summed E-state index contributed by atoms with van der Waals surface area (Å²) in [6, 6.07) is 11.1. The van der Waals surface area contributed by atoms with Crippen molar-refractivity contribution in [3.05, 3.63) is 82.4 Å². The van der Waals surface area contributed by atoms with Crippen molar-refractivity contribution < 1.29 is 28.6 Å². The molecule has 0 bridgehead atoms. The Labute approximate surface area is 218 Å². The topological polar surface area (TPSA) is 80.3 Å². The van der Waals surface area contributed by atoms with Crippen LogP contribution in [0.5, 0.6) is 0 Å². The molecule has 0 fully saturated rings. The summed E-state index contributed by atoms with van der Waals surface area (Å²) in [6.45, 7) is 7.44. The zero-order valence-electron chi connectivity index (χ0n) is 20.9. The molecule has 35 heavy (non-hydrogen) atoms. The number of halogens is 2. The third-order valence-corrected chi connectivity index (χ3v) is 8.60. The summed E-state index contributed by atoms with van der Waals surface area (Å²) in [6.07, 6.45) is 8.69. The summed E-state index contributed by atoms with van der Waals surface area (Å²) in [5.41, 5.74) is 1.52. The van der Waals surface area contributed by atoms with E-state index in [1.165, 1.54) is 100 Å². The molecular formula is C28H34F2O4Sn. The van der Waals surface area contributed by atoms with E-state index in [-0.39, 0.29) is 43.9 Å². The Morgan fingerprint density at radius 1 is 0.714 bits per heavy atom. The predicted molar refractivity (Wildman–Crippen MR) is 135 cm³/mol. The van der Waals surface area contributed by atoms with Gasteiger partial charge in [-0.2, -0.15) is 0 Å². The first-order valence-corrected chi connectivity index (χ1v) is 15.6. The Morgan fingerprint density at radius 3 is 1.29 bits per heavy atom. The molecule has 0 N–H and O–H groups in total. The van der Waals surface area contributed by atoms with Crippen LogP contribution >= 0.6 is 0 Å². The first kappa shape index (κ1) is 32.5. The van der Waals surface area contributed by atoms with Gasteiger partial charge in [-0.05, 0) is 60.4 Å². The second kappa shape index (κ2) is 19.8. The van der Waals surface area contributed by atoms with Crippen LogP contribution in [0, 0.1) is 11.6 Å². The summed E-state index contributed by atoms with van der Waals surface area (Å²) >= 11 is 0.149. The van der Waals surface area contributed by atoms with Crippen LogP contribution in [-0.4, -0.2) is 33.1 Å². The van der Waals surface area contributed by atoms with Crippen molar-refractivity contribution in [3.63, 3.8) is 0 Å². The number of benzene rings is 2. The first-order chi connectivity index (χ1) is 16.6. The molecule has 0 aromatic heterocycles. The number of carboxylic acids is 2. The Morgan fingerprint density at radius 2 is 1.03 bits per heavy atom. The average molecular weight is 591 g/mol. The molecule has 0 heterocycles. The third kappa shape index (κ3) is 17.6. The van der Waals surface area contributed by atoms with Crippen LogP contribution in [0.3, 0.4) is 0 Å². The monoisotopic (exact) mass is 592 g/mol. The van der Waals surface area contributed by atoms with Gasteiger partial charge in [0, 0.05) is 0 Å². The van der Waals surface area contributed by atoms with Crippen LogP contribution in [0.1, 0.15) is 64.5 Å². The SMILES string of the molecule is C/C(=C\c1ccc(F)cc1)C(=O)[O-].C/C(=C\c1ccc(F)cc1)C(=O)[O-].CCC[CH2][Sn+2][CH2]CCC. The summed E-state index contributed by atoms with van der Waals surface area (Å²) in [7, 11) is 0. The summed E-state index contributed by atoms with van der Waals surface area (Å²) < 4.78 is 28.1. The molecule has 0 saturated heterocycles. The van der Waals surface area contributed by atoms with Gasteiger partial charge in [-0.25, -0.2) is 8.78 Å². The Bertz CT molecular complexity index is 859. The van der Waals surface area contributed by atoms with E-state index in [2.05, 4.69) is 13.8 Å². The maximum absolute atomic E-state index is 12.4. The van der Waals surface area contributed by atoms with Gasteiger partial charge < -0.3 is 19.8 Å². The number of hydrogen-bond donors (Lipinski definition) is 0. The Hall–Kier alpha value is -2.48. The van der Waals surface area contributed by atoms with Crippen LogP contribution in [0.15, 0.2) is 59.7 Å². The van der Waals surface area contributed by atoms with Crippen molar-refractivity contribution in [2.75, 3.05) is 0 Å². The van der Waals surface area contributed by atoms with E-state index in [9.17, 15) is 28.6 Å². The van der Waals surface area contributed by atoms with E-state index in [1.807, 2.05) is 0 Å². The van der Waals surface area contributed by atoms with Gasteiger partial charge in [0.1, 0.15) is 11.6 Å². The Balaban J connectivity index is 0.000000506. The molecule has 0 spiro atoms. The standard InChI is InChI=1S/2C10H9FO2.2C4H9.Sn/c2*1-7(10(12)13)6-8-2-4-9(11)5-3-8;2*1-3-4-2;/h2*2-6H,1H3,(H,12,13);2*1,3-4H2,2H3;/q;;;;+2/p-2/b2*7-6+;;;. The van der Waals surface area contributed by atoms with Gasteiger partial charge in [-0.3, -0.25) is 0 Å². The molecule has 2 aromatic carbocycles. The van der Waals surface area contributed by atoms with Gasteiger partial charge in [0.25, 0.3) is 0 Å². The van der Waals surface area contributed by atoms with Crippen LogP contribution in [0.4, 0.5) is 8.78 Å². The molecule has 0 aliphatic heterocycles. The number of rotatable bonds is 10.